The first-order valence-electron chi connectivity index (χ1n) is 9.16. The summed E-state index contributed by atoms with van der Waals surface area (Å²) in [7, 11) is 0. The van der Waals surface area contributed by atoms with Crippen molar-refractivity contribution in [3.63, 3.8) is 0 Å². The minimum absolute atomic E-state index is 0.0376. The van der Waals surface area contributed by atoms with Gasteiger partial charge in [0, 0.05) is 43.5 Å². The molecule has 5 nitrogen and oxygen atoms in total. The highest BCUT2D eigenvalue weighted by Gasteiger charge is 2.40. The zero-order valence-corrected chi connectivity index (χ0v) is 14.8. The predicted octanol–water partition coefficient (Wildman–Crippen LogP) is 2.91. The minimum Gasteiger partial charge on any atom is -0.379 e. The van der Waals surface area contributed by atoms with Gasteiger partial charge in [-0.15, -0.1) is 0 Å². The third-order valence-electron chi connectivity index (χ3n) is 5.39. The van der Waals surface area contributed by atoms with Gasteiger partial charge in [-0.3, -0.25) is 4.79 Å². The van der Waals surface area contributed by atoms with E-state index in [0.29, 0.717) is 25.5 Å². The number of halogens is 1. The number of nitrogens with one attached hydrogen (secondary N) is 1. The van der Waals surface area contributed by atoms with Crippen molar-refractivity contribution < 1.29 is 13.9 Å². The van der Waals surface area contributed by atoms with Crippen molar-refractivity contribution in [2.45, 2.75) is 12.8 Å². The van der Waals surface area contributed by atoms with Gasteiger partial charge in [-0.05, 0) is 43.2 Å². The Morgan fingerprint density at radius 1 is 1.19 bits per heavy atom. The Balaban J connectivity index is 1.54. The van der Waals surface area contributed by atoms with Crippen molar-refractivity contribution in [3.05, 3.63) is 54.1 Å². The van der Waals surface area contributed by atoms with Crippen molar-refractivity contribution >= 4 is 11.6 Å². The van der Waals surface area contributed by atoms with E-state index in [-0.39, 0.29) is 17.1 Å². The van der Waals surface area contributed by atoms with E-state index in [1.165, 1.54) is 6.07 Å². The van der Waals surface area contributed by atoms with Crippen molar-refractivity contribution in [1.29, 1.82) is 0 Å². The van der Waals surface area contributed by atoms with Crippen molar-refractivity contribution in [3.8, 4) is 0 Å². The predicted molar refractivity (Wildman–Crippen MR) is 97.8 cm³/mol. The van der Waals surface area contributed by atoms with Gasteiger partial charge in [-0.1, -0.05) is 6.07 Å². The van der Waals surface area contributed by atoms with Gasteiger partial charge in [0.1, 0.15) is 11.5 Å². The summed E-state index contributed by atoms with van der Waals surface area (Å²) < 4.78 is 19.6. The first-order chi connectivity index (χ1) is 12.7. The lowest BCUT2D eigenvalue weighted by atomic mass is 9.80. The van der Waals surface area contributed by atoms with Gasteiger partial charge >= 0.3 is 0 Å². The van der Waals surface area contributed by atoms with Crippen LogP contribution in [0.2, 0.25) is 0 Å². The molecule has 0 radical (unpaired) electrons. The second-order valence-electron chi connectivity index (χ2n) is 7.37. The lowest BCUT2D eigenvalue weighted by Gasteiger charge is -2.43. The third-order valence-corrected chi connectivity index (χ3v) is 5.39. The maximum Gasteiger partial charge on any atom is 0.270 e. The molecule has 1 amide bonds. The van der Waals surface area contributed by atoms with Crippen LogP contribution in [0.25, 0.3) is 0 Å². The van der Waals surface area contributed by atoms with E-state index in [4.69, 9.17) is 4.74 Å². The van der Waals surface area contributed by atoms with Gasteiger partial charge in [-0.2, -0.15) is 0 Å². The summed E-state index contributed by atoms with van der Waals surface area (Å²) in [5.41, 5.74) is 1.38. The van der Waals surface area contributed by atoms with E-state index in [1.54, 1.807) is 18.3 Å². The van der Waals surface area contributed by atoms with E-state index in [0.717, 1.165) is 38.2 Å². The van der Waals surface area contributed by atoms with Crippen LogP contribution in [0.15, 0.2) is 42.6 Å². The number of anilines is 1. The van der Waals surface area contributed by atoms with Gasteiger partial charge in [0.25, 0.3) is 5.91 Å². The van der Waals surface area contributed by atoms with Crippen LogP contribution in [0.3, 0.4) is 0 Å². The molecule has 1 spiro atoms. The monoisotopic (exact) mass is 357 g/mol. The SMILES string of the molecule is O=C(c1ccc[nH]1)N1CCCC2(COCCN(c3cccc(F)c3)C2)C1. The fraction of sp³-hybridized carbons (Fsp3) is 0.450. The topological polar surface area (TPSA) is 48.6 Å². The molecule has 4 rings (SSSR count). The second-order valence-corrected chi connectivity index (χ2v) is 7.37. The largest absolute Gasteiger partial charge is 0.379 e. The average Bonchev–Trinajstić information content (AvgIpc) is 3.11. The number of carbonyl (C=O) groups excluding carboxylic acids is 1. The molecule has 6 heteroatoms. The third kappa shape index (κ3) is 3.46. The fourth-order valence-corrected chi connectivity index (χ4v) is 4.15. The molecule has 26 heavy (non-hydrogen) atoms. The number of likely N-dealkylation sites (tertiary alicyclic amines) is 1. The lowest BCUT2D eigenvalue weighted by Crippen LogP contribution is -2.52. The summed E-state index contributed by atoms with van der Waals surface area (Å²) >= 11 is 0. The fourth-order valence-electron chi connectivity index (χ4n) is 4.15. The van der Waals surface area contributed by atoms with Crippen LogP contribution in [0.4, 0.5) is 10.1 Å². The smallest absolute Gasteiger partial charge is 0.270 e. The molecule has 1 aromatic carbocycles. The summed E-state index contributed by atoms with van der Waals surface area (Å²) in [6, 6.07) is 10.4. The molecule has 1 N–H and O–H groups in total. The molecule has 0 aliphatic carbocycles. The van der Waals surface area contributed by atoms with Crippen molar-refractivity contribution in [2.24, 2.45) is 5.41 Å². The normalized spacial score (nSPS) is 23.9. The van der Waals surface area contributed by atoms with Gasteiger partial charge in [0.2, 0.25) is 0 Å². The molecular formula is C20H24FN3O2. The number of amides is 1. The summed E-state index contributed by atoms with van der Waals surface area (Å²) in [6.07, 6.45) is 3.73. The van der Waals surface area contributed by atoms with Gasteiger partial charge in [-0.25, -0.2) is 4.39 Å². The summed E-state index contributed by atoms with van der Waals surface area (Å²) in [5.74, 6) is -0.190. The number of benzene rings is 1. The van der Waals surface area contributed by atoms with Crippen LogP contribution in [-0.4, -0.2) is 55.2 Å². The lowest BCUT2D eigenvalue weighted by molar-refractivity contribution is 0.0133. The maximum absolute atomic E-state index is 13.7. The number of nitrogens with zero attached hydrogens (tertiary/aromatic N) is 2. The highest BCUT2D eigenvalue weighted by molar-refractivity contribution is 5.92. The summed E-state index contributed by atoms with van der Waals surface area (Å²) in [5, 5.41) is 0. The van der Waals surface area contributed by atoms with Gasteiger partial charge in [0.05, 0.1) is 13.2 Å². The number of hydrogen-bond donors (Lipinski definition) is 1. The van der Waals surface area contributed by atoms with Crippen LogP contribution >= 0.6 is 0 Å². The Bertz CT molecular complexity index is 764. The molecule has 2 aliphatic rings. The highest BCUT2D eigenvalue weighted by atomic mass is 19.1. The molecule has 2 fully saturated rings. The molecule has 2 aromatic rings. The minimum atomic E-state index is -0.228. The van der Waals surface area contributed by atoms with Gasteiger partial charge in [0.15, 0.2) is 0 Å². The quantitative estimate of drug-likeness (QED) is 0.899. The molecule has 1 atom stereocenters. The Labute approximate surface area is 152 Å². The molecule has 0 bridgehead atoms. The number of ether oxygens (including phenoxy) is 1. The number of aromatic amines is 1. The maximum atomic E-state index is 13.7. The van der Waals surface area contributed by atoms with E-state index in [2.05, 4.69) is 9.88 Å². The van der Waals surface area contributed by atoms with Crippen LogP contribution in [0, 0.1) is 11.2 Å². The Hall–Kier alpha value is -2.34. The number of carbonyl (C=O) groups is 1. The molecule has 3 heterocycles. The first-order valence-corrected chi connectivity index (χ1v) is 9.16. The van der Waals surface area contributed by atoms with E-state index >= 15 is 0 Å². The van der Waals surface area contributed by atoms with E-state index in [9.17, 15) is 9.18 Å². The molecule has 1 aromatic heterocycles. The Morgan fingerprint density at radius 3 is 2.92 bits per heavy atom. The Kier molecular flexibility index (Phi) is 4.68. The summed E-state index contributed by atoms with van der Waals surface area (Å²) in [4.78, 5) is 19.9. The number of H-pyrrole nitrogens is 1. The Morgan fingerprint density at radius 2 is 2.12 bits per heavy atom. The number of piperidine rings is 1. The molecular weight excluding hydrogens is 333 g/mol. The number of rotatable bonds is 2. The van der Waals surface area contributed by atoms with Crippen LogP contribution in [0.1, 0.15) is 23.3 Å². The highest BCUT2D eigenvalue weighted by Crippen LogP contribution is 2.35. The first kappa shape index (κ1) is 17.1. The standard InChI is InChI=1S/C20H24FN3O2/c21-16-4-1-5-17(12-16)23-10-11-26-15-20(13-23)7-3-9-24(14-20)19(25)18-6-2-8-22-18/h1-2,4-6,8,12,22H,3,7,9-11,13-15H2. The van der Waals surface area contributed by atoms with Crippen LogP contribution < -0.4 is 4.90 Å². The van der Waals surface area contributed by atoms with Crippen molar-refractivity contribution in [2.75, 3.05) is 44.3 Å². The van der Waals surface area contributed by atoms with E-state index < -0.39 is 0 Å². The van der Waals surface area contributed by atoms with Crippen LogP contribution in [0.5, 0.6) is 0 Å². The molecule has 1 unspecified atom stereocenters. The number of aromatic nitrogens is 1. The second kappa shape index (κ2) is 7.11. The zero-order chi connectivity index (χ0) is 18.0. The molecule has 2 aliphatic heterocycles. The van der Waals surface area contributed by atoms with Gasteiger partial charge < -0.3 is 19.5 Å². The van der Waals surface area contributed by atoms with Crippen LogP contribution in [-0.2, 0) is 4.74 Å². The summed E-state index contributed by atoms with van der Waals surface area (Å²) in [6.45, 7) is 4.17. The molecule has 138 valence electrons. The molecule has 2 saturated heterocycles. The average molecular weight is 357 g/mol. The zero-order valence-electron chi connectivity index (χ0n) is 14.8. The van der Waals surface area contributed by atoms with Crippen molar-refractivity contribution in [1.82, 2.24) is 9.88 Å². The molecule has 0 saturated carbocycles. The van der Waals surface area contributed by atoms with E-state index in [1.807, 2.05) is 23.1 Å². The number of hydrogen-bond acceptors (Lipinski definition) is 3.